The fourth-order valence-electron chi connectivity index (χ4n) is 3.44. The molecule has 6 nitrogen and oxygen atoms in total. The van der Waals surface area contributed by atoms with Gasteiger partial charge in [0.2, 0.25) is 10.0 Å². The Labute approximate surface area is 142 Å². The Morgan fingerprint density at radius 3 is 2.29 bits per heavy atom. The van der Waals surface area contributed by atoms with Gasteiger partial charge in [0.15, 0.2) is 0 Å². The van der Waals surface area contributed by atoms with Gasteiger partial charge < -0.3 is 4.74 Å². The number of aromatic nitrogens is 2. The normalized spacial score (nSPS) is 16.3. The van der Waals surface area contributed by atoms with Crippen molar-refractivity contribution in [2.24, 2.45) is 7.05 Å². The molecule has 3 rings (SSSR count). The van der Waals surface area contributed by atoms with Crippen molar-refractivity contribution in [2.45, 2.75) is 37.2 Å². The zero-order valence-electron chi connectivity index (χ0n) is 14.5. The van der Waals surface area contributed by atoms with Crippen LogP contribution in [0.5, 0.6) is 0 Å². The topological polar surface area (TPSA) is 73.2 Å². The number of methoxy groups -OCH3 is 1. The van der Waals surface area contributed by atoms with Crippen molar-refractivity contribution >= 4 is 10.0 Å². The average Bonchev–Trinajstić information content (AvgIpc) is 3.03. The van der Waals surface area contributed by atoms with Gasteiger partial charge in [-0.2, -0.15) is 5.10 Å². The smallest absolute Gasteiger partial charge is 0.244 e. The molecule has 0 saturated carbocycles. The maximum absolute atomic E-state index is 12.8. The molecule has 0 spiro atoms. The molecule has 0 atom stereocenters. The van der Waals surface area contributed by atoms with E-state index in [9.17, 15) is 8.42 Å². The van der Waals surface area contributed by atoms with Crippen LogP contribution in [0.15, 0.2) is 29.2 Å². The molecule has 0 saturated heterocycles. The van der Waals surface area contributed by atoms with Gasteiger partial charge in [0.05, 0.1) is 17.0 Å². The van der Waals surface area contributed by atoms with E-state index in [1.54, 1.807) is 32.7 Å². The third-order valence-corrected chi connectivity index (χ3v) is 6.53. The van der Waals surface area contributed by atoms with Crippen LogP contribution >= 0.6 is 0 Å². The highest BCUT2D eigenvalue weighted by atomic mass is 32.2. The van der Waals surface area contributed by atoms with Crippen LogP contribution in [-0.2, 0) is 34.6 Å². The fraction of sp³-hybridized carbons (Fsp3) is 0.471. The Morgan fingerprint density at radius 2 is 1.83 bits per heavy atom. The second-order valence-electron chi connectivity index (χ2n) is 6.46. The van der Waals surface area contributed by atoms with Crippen molar-refractivity contribution in [3.8, 4) is 0 Å². The summed E-state index contributed by atoms with van der Waals surface area (Å²) in [5, 5.41) is 4.19. The molecule has 1 heterocycles. The second kappa shape index (κ2) is 5.98. The summed E-state index contributed by atoms with van der Waals surface area (Å²) in [4.78, 5) is 0.256. The average molecular weight is 349 g/mol. The standard InChI is InChI=1S/C17H23N3O3S/c1-12-16(13(2)20(3)19-12)24(21,22)18-11-17(23-4)9-14-7-5-6-8-15(14)10-17/h5-8,18H,9-11H2,1-4H3. The van der Waals surface area contributed by atoms with E-state index >= 15 is 0 Å². The predicted molar refractivity (Wildman–Crippen MR) is 91.5 cm³/mol. The highest BCUT2D eigenvalue weighted by Crippen LogP contribution is 2.32. The van der Waals surface area contributed by atoms with Crippen molar-refractivity contribution in [2.75, 3.05) is 13.7 Å². The summed E-state index contributed by atoms with van der Waals surface area (Å²) in [5.41, 5.74) is 3.02. The number of hydrogen-bond acceptors (Lipinski definition) is 4. The van der Waals surface area contributed by atoms with Crippen LogP contribution in [0, 0.1) is 13.8 Å². The quantitative estimate of drug-likeness (QED) is 0.888. The van der Waals surface area contributed by atoms with Crippen molar-refractivity contribution < 1.29 is 13.2 Å². The first-order valence-corrected chi connectivity index (χ1v) is 9.38. The van der Waals surface area contributed by atoms with Crippen LogP contribution in [0.2, 0.25) is 0 Å². The predicted octanol–water partition coefficient (Wildman–Crippen LogP) is 1.50. The number of benzene rings is 1. The molecule has 0 unspecified atom stereocenters. The van der Waals surface area contributed by atoms with Crippen LogP contribution in [0.3, 0.4) is 0 Å². The summed E-state index contributed by atoms with van der Waals surface area (Å²) in [5.74, 6) is 0. The lowest BCUT2D eigenvalue weighted by Gasteiger charge is -2.27. The molecule has 0 aliphatic heterocycles. The Kier molecular flexibility index (Phi) is 4.27. The number of rotatable bonds is 5. The van der Waals surface area contributed by atoms with Gasteiger partial charge in [-0.05, 0) is 25.0 Å². The first-order valence-electron chi connectivity index (χ1n) is 7.90. The molecule has 24 heavy (non-hydrogen) atoms. The maximum atomic E-state index is 12.8. The third kappa shape index (κ3) is 2.87. The van der Waals surface area contributed by atoms with Crippen LogP contribution in [0.4, 0.5) is 0 Å². The van der Waals surface area contributed by atoms with Crippen molar-refractivity contribution in [1.82, 2.24) is 14.5 Å². The molecule has 130 valence electrons. The van der Waals surface area contributed by atoms with Crippen molar-refractivity contribution in [1.29, 1.82) is 0 Å². The lowest BCUT2D eigenvalue weighted by Crippen LogP contribution is -2.45. The second-order valence-corrected chi connectivity index (χ2v) is 8.16. The Morgan fingerprint density at radius 1 is 1.25 bits per heavy atom. The van der Waals surface area contributed by atoms with Gasteiger partial charge >= 0.3 is 0 Å². The first kappa shape index (κ1) is 17.1. The fourth-order valence-corrected chi connectivity index (χ4v) is 4.99. The van der Waals surface area contributed by atoms with Gasteiger partial charge in [0.1, 0.15) is 4.90 Å². The van der Waals surface area contributed by atoms with E-state index in [0.29, 0.717) is 24.2 Å². The summed E-state index contributed by atoms with van der Waals surface area (Å²) in [7, 11) is -0.256. The van der Waals surface area contributed by atoms with E-state index in [4.69, 9.17) is 4.74 Å². The summed E-state index contributed by atoms with van der Waals surface area (Å²) in [6.07, 6.45) is 1.40. The molecule has 1 aliphatic carbocycles. The van der Waals surface area contributed by atoms with E-state index in [-0.39, 0.29) is 11.4 Å². The number of aryl methyl sites for hydroxylation is 2. The summed E-state index contributed by atoms with van der Waals surface area (Å²) < 4.78 is 35.6. The van der Waals surface area contributed by atoms with E-state index in [1.807, 2.05) is 12.1 Å². The van der Waals surface area contributed by atoms with E-state index in [2.05, 4.69) is 22.0 Å². The van der Waals surface area contributed by atoms with Gasteiger partial charge in [0, 0.05) is 33.5 Å². The zero-order chi connectivity index (χ0) is 17.5. The molecule has 0 radical (unpaired) electrons. The SMILES string of the molecule is COC1(CNS(=O)(=O)c2c(C)nn(C)c2C)Cc2ccccc2C1. The lowest BCUT2D eigenvalue weighted by molar-refractivity contribution is 0.00378. The molecule has 1 aliphatic rings. The Bertz CT molecular complexity index is 846. The third-order valence-electron chi connectivity index (χ3n) is 4.87. The van der Waals surface area contributed by atoms with E-state index in [1.165, 1.54) is 11.1 Å². The van der Waals surface area contributed by atoms with Gasteiger partial charge in [-0.3, -0.25) is 4.68 Å². The first-order chi connectivity index (χ1) is 11.3. The molecule has 0 bridgehead atoms. The maximum Gasteiger partial charge on any atom is 0.244 e. The van der Waals surface area contributed by atoms with Crippen LogP contribution < -0.4 is 4.72 Å². The van der Waals surface area contributed by atoms with E-state index < -0.39 is 15.6 Å². The molecule has 1 aromatic heterocycles. The molecule has 1 aromatic carbocycles. The minimum atomic E-state index is -3.64. The largest absolute Gasteiger partial charge is 0.376 e. The molecule has 7 heteroatoms. The number of fused-ring (bicyclic) bond motifs is 1. The molecule has 0 amide bonds. The van der Waals surface area contributed by atoms with Crippen molar-refractivity contribution in [3.05, 3.63) is 46.8 Å². The van der Waals surface area contributed by atoms with Gasteiger partial charge in [-0.1, -0.05) is 24.3 Å². The number of nitrogens with one attached hydrogen (secondary N) is 1. The van der Waals surface area contributed by atoms with Crippen LogP contribution in [-0.4, -0.2) is 37.5 Å². The lowest BCUT2D eigenvalue weighted by atomic mass is 10.0. The minimum Gasteiger partial charge on any atom is -0.376 e. The van der Waals surface area contributed by atoms with Gasteiger partial charge in [0.25, 0.3) is 0 Å². The monoisotopic (exact) mass is 349 g/mol. The number of ether oxygens (including phenoxy) is 1. The molecular formula is C17H23N3O3S. The van der Waals surface area contributed by atoms with Crippen LogP contribution in [0.1, 0.15) is 22.5 Å². The highest BCUT2D eigenvalue weighted by Gasteiger charge is 2.38. The number of sulfonamides is 1. The Balaban J connectivity index is 1.82. The molecule has 0 fully saturated rings. The van der Waals surface area contributed by atoms with Gasteiger partial charge in [-0.15, -0.1) is 0 Å². The summed E-state index contributed by atoms with van der Waals surface area (Å²) in [6, 6.07) is 8.13. The molecule has 2 aromatic rings. The summed E-state index contributed by atoms with van der Waals surface area (Å²) >= 11 is 0. The summed E-state index contributed by atoms with van der Waals surface area (Å²) in [6.45, 7) is 3.69. The highest BCUT2D eigenvalue weighted by molar-refractivity contribution is 7.89. The minimum absolute atomic E-state index is 0.230. The van der Waals surface area contributed by atoms with E-state index in [0.717, 1.165) is 0 Å². The molecule has 1 N–H and O–H groups in total. The molecular weight excluding hydrogens is 326 g/mol. The zero-order valence-corrected chi connectivity index (χ0v) is 15.3. The number of nitrogens with zero attached hydrogens (tertiary/aromatic N) is 2. The van der Waals surface area contributed by atoms with Crippen LogP contribution in [0.25, 0.3) is 0 Å². The van der Waals surface area contributed by atoms with Gasteiger partial charge in [-0.25, -0.2) is 13.1 Å². The van der Waals surface area contributed by atoms with Crippen molar-refractivity contribution in [3.63, 3.8) is 0 Å². The number of hydrogen-bond donors (Lipinski definition) is 1. The Hall–Kier alpha value is -1.70.